The SMILES string of the molecule is CN(C)/C=N/C(=O)c1c(F)ccc(CO)c1F. The topological polar surface area (TPSA) is 52.9 Å². The third-order valence-electron chi connectivity index (χ3n) is 1.96. The molecule has 6 heteroatoms. The number of benzene rings is 1. The summed E-state index contributed by atoms with van der Waals surface area (Å²) in [5.74, 6) is -3.10. The summed E-state index contributed by atoms with van der Waals surface area (Å²) in [6.07, 6.45) is 1.15. The van der Waals surface area contributed by atoms with Gasteiger partial charge in [0.1, 0.15) is 17.2 Å². The van der Waals surface area contributed by atoms with Gasteiger partial charge in [-0.1, -0.05) is 6.07 Å². The fraction of sp³-hybridized carbons (Fsp3) is 0.273. The number of halogens is 2. The average molecular weight is 242 g/mol. The number of aliphatic hydroxyl groups excluding tert-OH is 1. The van der Waals surface area contributed by atoms with Gasteiger partial charge in [-0.3, -0.25) is 4.79 Å². The summed E-state index contributed by atoms with van der Waals surface area (Å²) in [5.41, 5.74) is -0.899. The fourth-order valence-corrected chi connectivity index (χ4v) is 1.15. The highest BCUT2D eigenvalue weighted by atomic mass is 19.1. The predicted molar refractivity (Wildman–Crippen MR) is 58.8 cm³/mol. The smallest absolute Gasteiger partial charge is 0.284 e. The van der Waals surface area contributed by atoms with Gasteiger partial charge in [0.15, 0.2) is 0 Å². The maximum atomic E-state index is 13.6. The molecule has 0 saturated carbocycles. The van der Waals surface area contributed by atoms with Crippen LogP contribution >= 0.6 is 0 Å². The van der Waals surface area contributed by atoms with Crippen LogP contribution in [0.4, 0.5) is 8.78 Å². The van der Waals surface area contributed by atoms with Crippen LogP contribution in [-0.2, 0) is 6.61 Å². The highest BCUT2D eigenvalue weighted by Gasteiger charge is 2.19. The van der Waals surface area contributed by atoms with Crippen molar-refractivity contribution < 1.29 is 18.7 Å². The quantitative estimate of drug-likeness (QED) is 0.639. The zero-order valence-corrected chi connectivity index (χ0v) is 9.44. The van der Waals surface area contributed by atoms with E-state index in [2.05, 4.69) is 4.99 Å². The maximum absolute atomic E-state index is 13.6. The molecule has 0 aromatic heterocycles. The summed E-state index contributed by atoms with van der Waals surface area (Å²) in [4.78, 5) is 16.3. The highest BCUT2D eigenvalue weighted by Crippen LogP contribution is 2.18. The molecule has 1 N–H and O–H groups in total. The van der Waals surface area contributed by atoms with Crippen molar-refractivity contribution in [3.63, 3.8) is 0 Å². The second-order valence-corrected chi connectivity index (χ2v) is 3.57. The Morgan fingerprint density at radius 1 is 1.47 bits per heavy atom. The van der Waals surface area contributed by atoms with Gasteiger partial charge < -0.3 is 10.0 Å². The number of carbonyl (C=O) groups is 1. The van der Waals surface area contributed by atoms with Gasteiger partial charge in [-0.15, -0.1) is 0 Å². The van der Waals surface area contributed by atoms with E-state index in [1.807, 2.05) is 0 Å². The van der Waals surface area contributed by atoms with Gasteiger partial charge in [0.05, 0.1) is 12.9 Å². The normalized spacial score (nSPS) is 10.9. The summed E-state index contributed by atoms with van der Waals surface area (Å²) in [6.45, 7) is -0.607. The molecule has 0 fully saturated rings. The third kappa shape index (κ3) is 3.07. The summed E-state index contributed by atoms with van der Waals surface area (Å²) in [7, 11) is 3.24. The number of rotatable bonds is 3. The molecule has 0 bridgehead atoms. The number of hydrogen-bond donors (Lipinski definition) is 1. The highest BCUT2D eigenvalue weighted by molar-refractivity contribution is 5.99. The maximum Gasteiger partial charge on any atom is 0.284 e. The van der Waals surface area contributed by atoms with Crippen molar-refractivity contribution in [1.29, 1.82) is 0 Å². The van der Waals surface area contributed by atoms with Crippen molar-refractivity contribution in [2.45, 2.75) is 6.61 Å². The molecule has 1 rings (SSSR count). The Hall–Kier alpha value is -1.82. The first-order chi connectivity index (χ1) is 7.97. The van der Waals surface area contributed by atoms with Crippen molar-refractivity contribution in [1.82, 2.24) is 4.90 Å². The van der Waals surface area contributed by atoms with E-state index in [1.54, 1.807) is 14.1 Å². The lowest BCUT2D eigenvalue weighted by molar-refractivity contribution is 0.0994. The van der Waals surface area contributed by atoms with Crippen molar-refractivity contribution in [2.75, 3.05) is 14.1 Å². The van der Waals surface area contributed by atoms with Crippen LogP contribution in [0.15, 0.2) is 17.1 Å². The summed E-state index contributed by atoms with van der Waals surface area (Å²) < 4.78 is 26.9. The molecule has 92 valence electrons. The van der Waals surface area contributed by atoms with E-state index >= 15 is 0 Å². The van der Waals surface area contributed by atoms with Crippen LogP contribution in [0.3, 0.4) is 0 Å². The summed E-state index contributed by atoms with van der Waals surface area (Å²) in [5, 5.41) is 8.81. The molecule has 0 radical (unpaired) electrons. The van der Waals surface area contributed by atoms with Crippen molar-refractivity contribution >= 4 is 12.2 Å². The number of aliphatic imine (C=N–C) groups is 1. The third-order valence-corrected chi connectivity index (χ3v) is 1.96. The molecule has 17 heavy (non-hydrogen) atoms. The van der Waals surface area contributed by atoms with Gasteiger partial charge in [0.25, 0.3) is 5.91 Å². The lowest BCUT2D eigenvalue weighted by Crippen LogP contribution is -2.12. The molecule has 0 spiro atoms. The molecule has 0 heterocycles. The fourth-order valence-electron chi connectivity index (χ4n) is 1.15. The summed E-state index contributed by atoms with van der Waals surface area (Å²) in [6, 6.07) is 2.00. The van der Waals surface area contributed by atoms with Gasteiger partial charge in [-0.25, -0.2) is 8.78 Å². The number of aliphatic hydroxyl groups is 1. The molecule has 4 nitrogen and oxygen atoms in total. The Morgan fingerprint density at radius 2 is 2.12 bits per heavy atom. The Balaban J connectivity index is 3.17. The van der Waals surface area contributed by atoms with Gasteiger partial charge in [0.2, 0.25) is 0 Å². The summed E-state index contributed by atoms with van der Waals surface area (Å²) >= 11 is 0. The van der Waals surface area contributed by atoms with E-state index in [1.165, 1.54) is 4.90 Å². The number of hydrogen-bond acceptors (Lipinski definition) is 2. The largest absolute Gasteiger partial charge is 0.392 e. The monoisotopic (exact) mass is 242 g/mol. The van der Waals surface area contributed by atoms with Crippen LogP contribution in [0.1, 0.15) is 15.9 Å². The standard InChI is InChI=1S/C11H12F2N2O2/c1-15(2)6-14-11(17)9-8(12)4-3-7(5-16)10(9)13/h3-4,6,16H,5H2,1-2H3/b14-6+. The molecule has 0 unspecified atom stereocenters. The Labute approximate surface area is 97.2 Å². The Kier molecular flexibility index (Phi) is 4.28. The van der Waals surface area contributed by atoms with E-state index in [9.17, 15) is 13.6 Å². The minimum Gasteiger partial charge on any atom is -0.392 e. The van der Waals surface area contributed by atoms with Crippen LogP contribution in [0.5, 0.6) is 0 Å². The second kappa shape index (κ2) is 5.49. The van der Waals surface area contributed by atoms with Crippen molar-refractivity contribution in [3.8, 4) is 0 Å². The van der Waals surface area contributed by atoms with Crippen LogP contribution in [0, 0.1) is 11.6 Å². The molecule has 1 amide bonds. The minimum absolute atomic E-state index is 0.144. The molecular formula is C11H12F2N2O2. The van der Waals surface area contributed by atoms with Crippen molar-refractivity contribution in [3.05, 3.63) is 34.9 Å². The van der Waals surface area contributed by atoms with Crippen LogP contribution in [0.2, 0.25) is 0 Å². The number of nitrogens with zero attached hydrogens (tertiary/aromatic N) is 2. The molecule has 1 aromatic rings. The van der Waals surface area contributed by atoms with Gasteiger partial charge in [0, 0.05) is 19.7 Å². The van der Waals surface area contributed by atoms with Gasteiger partial charge in [-0.05, 0) is 6.07 Å². The molecular weight excluding hydrogens is 230 g/mol. The second-order valence-electron chi connectivity index (χ2n) is 3.57. The lowest BCUT2D eigenvalue weighted by atomic mass is 10.1. The van der Waals surface area contributed by atoms with E-state index < -0.39 is 29.7 Å². The molecule has 0 aliphatic rings. The molecule has 1 aromatic carbocycles. The van der Waals surface area contributed by atoms with E-state index in [0.29, 0.717) is 0 Å². The Bertz CT molecular complexity index is 459. The first-order valence-electron chi connectivity index (χ1n) is 4.80. The molecule has 0 aliphatic heterocycles. The van der Waals surface area contributed by atoms with Crippen LogP contribution in [0.25, 0.3) is 0 Å². The molecule has 0 atom stereocenters. The number of amides is 1. The van der Waals surface area contributed by atoms with Gasteiger partial charge in [-0.2, -0.15) is 4.99 Å². The van der Waals surface area contributed by atoms with E-state index in [0.717, 1.165) is 18.5 Å². The first kappa shape index (κ1) is 13.2. The predicted octanol–water partition coefficient (Wildman–Crippen LogP) is 1.19. The zero-order chi connectivity index (χ0) is 13.0. The zero-order valence-electron chi connectivity index (χ0n) is 9.44. The van der Waals surface area contributed by atoms with E-state index in [-0.39, 0.29) is 5.56 Å². The van der Waals surface area contributed by atoms with Gasteiger partial charge >= 0.3 is 0 Å². The van der Waals surface area contributed by atoms with Crippen molar-refractivity contribution in [2.24, 2.45) is 4.99 Å². The van der Waals surface area contributed by atoms with Crippen LogP contribution < -0.4 is 0 Å². The first-order valence-corrected chi connectivity index (χ1v) is 4.80. The van der Waals surface area contributed by atoms with E-state index in [4.69, 9.17) is 5.11 Å². The molecule has 0 aliphatic carbocycles. The number of carbonyl (C=O) groups excluding carboxylic acids is 1. The Morgan fingerprint density at radius 3 is 2.65 bits per heavy atom. The minimum atomic E-state index is -1.08. The lowest BCUT2D eigenvalue weighted by Gasteiger charge is -2.06. The van der Waals surface area contributed by atoms with Crippen LogP contribution in [-0.4, -0.2) is 36.3 Å². The average Bonchev–Trinajstić information content (AvgIpc) is 2.26. The molecule has 0 saturated heterocycles.